The molecule has 3 nitrogen and oxygen atoms in total. The van der Waals surface area contributed by atoms with Gasteiger partial charge in [-0.15, -0.1) is 0 Å². The molecule has 1 aromatic carbocycles. The first-order chi connectivity index (χ1) is 6.58. The van der Waals surface area contributed by atoms with Crippen LogP contribution in [-0.4, -0.2) is 10.1 Å². The number of H-pyrrole nitrogens is 1. The van der Waals surface area contributed by atoms with Gasteiger partial charge in [-0.1, -0.05) is 0 Å². The van der Waals surface area contributed by atoms with Crippen LogP contribution in [0, 0.1) is 11.6 Å². The third-order valence-electron chi connectivity index (χ3n) is 1.85. The van der Waals surface area contributed by atoms with E-state index in [-0.39, 0.29) is 10.9 Å². The average molecular weight is 197 g/mol. The normalized spacial score (nSPS) is 10.7. The summed E-state index contributed by atoms with van der Waals surface area (Å²) in [6, 6.07) is 2.70. The molecule has 0 unspecified atom stereocenters. The Bertz CT molecular complexity index is 562. The highest BCUT2D eigenvalue weighted by atomic mass is 19.1. The minimum absolute atomic E-state index is 0.111. The van der Waals surface area contributed by atoms with Gasteiger partial charge < -0.3 is 10.1 Å². The zero-order valence-corrected chi connectivity index (χ0v) is 6.84. The zero-order valence-electron chi connectivity index (χ0n) is 6.84. The molecule has 2 aromatic rings. The van der Waals surface area contributed by atoms with Gasteiger partial charge in [-0.3, -0.25) is 4.79 Å². The van der Waals surface area contributed by atoms with E-state index in [2.05, 4.69) is 4.98 Å². The highest BCUT2D eigenvalue weighted by Gasteiger charge is 2.07. The lowest BCUT2D eigenvalue weighted by atomic mass is 10.2. The van der Waals surface area contributed by atoms with Gasteiger partial charge in [0, 0.05) is 11.5 Å². The second-order valence-corrected chi connectivity index (χ2v) is 2.84. The Balaban J connectivity index is 2.96. The molecule has 0 fully saturated rings. The molecule has 0 spiro atoms. The first kappa shape index (κ1) is 8.68. The molecule has 0 saturated carbocycles. The van der Waals surface area contributed by atoms with Crippen molar-refractivity contribution in [3.8, 4) is 5.75 Å². The van der Waals surface area contributed by atoms with Crippen LogP contribution in [0.25, 0.3) is 10.9 Å². The van der Waals surface area contributed by atoms with Gasteiger partial charge in [0.1, 0.15) is 11.6 Å². The zero-order chi connectivity index (χ0) is 10.3. The molecule has 1 heterocycles. The van der Waals surface area contributed by atoms with E-state index in [0.717, 1.165) is 12.1 Å². The van der Waals surface area contributed by atoms with Gasteiger partial charge in [0.2, 0.25) is 0 Å². The number of benzene rings is 1. The van der Waals surface area contributed by atoms with Crippen molar-refractivity contribution in [2.45, 2.75) is 0 Å². The SMILES string of the molecule is O=c1[nH]c2c(F)cc(F)cc2cc1O. The van der Waals surface area contributed by atoms with Crippen molar-refractivity contribution in [3.05, 3.63) is 40.2 Å². The summed E-state index contributed by atoms with van der Waals surface area (Å²) in [6.07, 6.45) is 0. The minimum atomic E-state index is -0.864. The molecule has 0 aliphatic rings. The van der Waals surface area contributed by atoms with Crippen LogP contribution in [-0.2, 0) is 0 Å². The molecule has 0 aliphatic heterocycles. The van der Waals surface area contributed by atoms with Crippen molar-refractivity contribution in [2.75, 3.05) is 0 Å². The van der Waals surface area contributed by atoms with Crippen LogP contribution in [0.1, 0.15) is 0 Å². The first-order valence-corrected chi connectivity index (χ1v) is 3.79. The van der Waals surface area contributed by atoms with Crippen LogP contribution in [0.5, 0.6) is 5.75 Å². The highest BCUT2D eigenvalue weighted by Crippen LogP contribution is 2.18. The van der Waals surface area contributed by atoms with E-state index in [1.165, 1.54) is 0 Å². The first-order valence-electron chi connectivity index (χ1n) is 3.79. The predicted octanol–water partition coefficient (Wildman–Crippen LogP) is 1.51. The molecule has 2 rings (SSSR count). The van der Waals surface area contributed by atoms with Gasteiger partial charge in [-0.25, -0.2) is 8.78 Å². The number of pyridine rings is 1. The summed E-state index contributed by atoms with van der Waals surface area (Å²) in [4.78, 5) is 13.0. The maximum atomic E-state index is 13.1. The highest BCUT2D eigenvalue weighted by molar-refractivity contribution is 5.80. The summed E-state index contributed by atoms with van der Waals surface area (Å²) in [5.41, 5.74) is -0.919. The van der Waals surface area contributed by atoms with Gasteiger partial charge in [-0.05, 0) is 12.1 Å². The van der Waals surface area contributed by atoms with Gasteiger partial charge in [-0.2, -0.15) is 0 Å². The van der Waals surface area contributed by atoms with E-state index in [4.69, 9.17) is 5.11 Å². The quantitative estimate of drug-likeness (QED) is 0.672. The van der Waals surface area contributed by atoms with E-state index >= 15 is 0 Å². The smallest absolute Gasteiger partial charge is 0.290 e. The second kappa shape index (κ2) is 2.80. The van der Waals surface area contributed by atoms with Crippen LogP contribution >= 0.6 is 0 Å². The Morgan fingerprint density at radius 2 is 1.93 bits per heavy atom. The molecule has 0 radical (unpaired) electrons. The van der Waals surface area contributed by atoms with E-state index in [1.54, 1.807) is 0 Å². The average Bonchev–Trinajstić information content (AvgIpc) is 2.08. The molecule has 5 heteroatoms. The number of aromatic hydroxyl groups is 1. The van der Waals surface area contributed by atoms with E-state index in [9.17, 15) is 13.6 Å². The Morgan fingerprint density at radius 3 is 2.64 bits per heavy atom. The van der Waals surface area contributed by atoms with Crippen molar-refractivity contribution in [3.63, 3.8) is 0 Å². The van der Waals surface area contributed by atoms with Crippen molar-refractivity contribution in [1.82, 2.24) is 4.98 Å². The molecule has 0 aliphatic carbocycles. The molecule has 0 atom stereocenters. The van der Waals surface area contributed by atoms with Crippen molar-refractivity contribution < 1.29 is 13.9 Å². The van der Waals surface area contributed by atoms with Gasteiger partial charge in [0.25, 0.3) is 5.56 Å². The molecule has 0 bridgehead atoms. The van der Waals surface area contributed by atoms with Crippen molar-refractivity contribution in [1.29, 1.82) is 0 Å². The second-order valence-electron chi connectivity index (χ2n) is 2.84. The summed E-state index contributed by atoms with van der Waals surface area (Å²) >= 11 is 0. The van der Waals surface area contributed by atoms with Crippen LogP contribution < -0.4 is 5.56 Å². The lowest BCUT2D eigenvalue weighted by Gasteiger charge is -2.00. The fourth-order valence-corrected chi connectivity index (χ4v) is 1.23. The molecule has 0 amide bonds. The maximum absolute atomic E-state index is 13.1. The Morgan fingerprint density at radius 1 is 1.21 bits per heavy atom. The summed E-state index contributed by atoms with van der Waals surface area (Å²) in [6.45, 7) is 0. The third-order valence-corrected chi connectivity index (χ3v) is 1.85. The Hall–Kier alpha value is -1.91. The number of rotatable bonds is 0. The number of nitrogens with one attached hydrogen (secondary N) is 1. The van der Waals surface area contributed by atoms with Gasteiger partial charge >= 0.3 is 0 Å². The van der Waals surface area contributed by atoms with Gasteiger partial charge in [0.05, 0.1) is 5.52 Å². The van der Waals surface area contributed by atoms with E-state index in [0.29, 0.717) is 6.07 Å². The number of hydrogen-bond donors (Lipinski definition) is 2. The summed E-state index contributed by atoms with van der Waals surface area (Å²) in [5.74, 6) is -2.19. The number of fused-ring (bicyclic) bond motifs is 1. The summed E-state index contributed by atoms with van der Waals surface area (Å²) in [5, 5.41) is 9.12. The minimum Gasteiger partial charge on any atom is -0.503 e. The number of aromatic amines is 1. The lowest BCUT2D eigenvalue weighted by Crippen LogP contribution is -2.05. The molecule has 72 valence electrons. The predicted molar refractivity (Wildman–Crippen MR) is 46.1 cm³/mol. The summed E-state index contributed by atoms with van der Waals surface area (Å²) in [7, 11) is 0. The Kier molecular flexibility index (Phi) is 1.73. The third kappa shape index (κ3) is 1.22. The standard InChI is InChI=1S/C9H5F2NO2/c10-5-1-4-2-7(13)9(14)12-8(4)6(11)3-5/h1-3,13H,(H,12,14). The summed E-state index contributed by atoms with van der Waals surface area (Å²) < 4.78 is 25.8. The molecule has 1 aromatic heterocycles. The topological polar surface area (TPSA) is 53.1 Å². The van der Waals surface area contributed by atoms with Crippen LogP contribution in [0.3, 0.4) is 0 Å². The monoisotopic (exact) mass is 197 g/mol. The number of aromatic nitrogens is 1. The van der Waals surface area contributed by atoms with E-state index < -0.39 is 22.9 Å². The fourth-order valence-electron chi connectivity index (χ4n) is 1.23. The lowest BCUT2D eigenvalue weighted by molar-refractivity contribution is 0.467. The Labute approximate surface area is 76.6 Å². The molecule has 0 saturated heterocycles. The number of halogens is 2. The molecular weight excluding hydrogens is 192 g/mol. The van der Waals surface area contributed by atoms with E-state index in [1.807, 2.05) is 0 Å². The van der Waals surface area contributed by atoms with Crippen molar-refractivity contribution >= 4 is 10.9 Å². The van der Waals surface area contributed by atoms with Gasteiger partial charge in [0.15, 0.2) is 5.75 Å². The van der Waals surface area contributed by atoms with Crippen LogP contribution in [0.2, 0.25) is 0 Å². The fraction of sp³-hybridized carbons (Fsp3) is 0. The largest absolute Gasteiger partial charge is 0.503 e. The molecule has 2 N–H and O–H groups in total. The maximum Gasteiger partial charge on any atom is 0.290 e. The van der Waals surface area contributed by atoms with Crippen LogP contribution in [0.15, 0.2) is 23.0 Å². The van der Waals surface area contributed by atoms with Crippen molar-refractivity contribution in [2.24, 2.45) is 0 Å². The molecular formula is C9H5F2NO2. The van der Waals surface area contributed by atoms with Crippen LogP contribution in [0.4, 0.5) is 8.78 Å². The number of hydrogen-bond acceptors (Lipinski definition) is 2. The molecule has 14 heavy (non-hydrogen) atoms.